The summed E-state index contributed by atoms with van der Waals surface area (Å²) in [4.78, 5) is 35.6. The molecule has 0 unspecified atom stereocenters. The van der Waals surface area contributed by atoms with Crippen molar-refractivity contribution in [3.8, 4) is 10.7 Å². The van der Waals surface area contributed by atoms with Crippen LogP contribution < -0.4 is 5.32 Å². The molecule has 2 amide bonds. The van der Waals surface area contributed by atoms with Crippen molar-refractivity contribution in [2.75, 3.05) is 52.4 Å². The Bertz CT molecular complexity index is 831. The van der Waals surface area contributed by atoms with Gasteiger partial charge in [0.1, 0.15) is 0 Å². The van der Waals surface area contributed by atoms with E-state index in [9.17, 15) is 9.59 Å². The van der Waals surface area contributed by atoms with Crippen LogP contribution >= 0.6 is 11.3 Å². The van der Waals surface area contributed by atoms with Gasteiger partial charge in [-0.15, -0.1) is 11.3 Å². The fraction of sp³-hybridized carbons (Fsp3) is 0.600. The highest BCUT2D eigenvalue weighted by Gasteiger charge is 2.22. The number of piperazine rings is 1. The van der Waals surface area contributed by atoms with Crippen molar-refractivity contribution >= 4 is 23.2 Å². The summed E-state index contributed by atoms with van der Waals surface area (Å²) >= 11 is 1.59. The van der Waals surface area contributed by atoms with Crippen LogP contribution in [-0.2, 0) is 16.1 Å². The maximum Gasteiger partial charge on any atom is 0.241 e. The van der Waals surface area contributed by atoms with Gasteiger partial charge in [0.15, 0.2) is 0 Å². The predicted octanol–water partition coefficient (Wildman–Crippen LogP) is 1.04. The molecular formula is C20H28N6O3S. The Labute approximate surface area is 180 Å². The highest BCUT2D eigenvalue weighted by atomic mass is 32.1. The third-order valence-corrected chi connectivity index (χ3v) is 6.36. The zero-order valence-electron chi connectivity index (χ0n) is 17.1. The lowest BCUT2D eigenvalue weighted by Gasteiger charge is -2.33. The van der Waals surface area contributed by atoms with Gasteiger partial charge in [-0.2, -0.15) is 4.98 Å². The van der Waals surface area contributed by atoms with E-state index < -0.39 is 0 Å². The number of thiophene rings is 1. The molecule has 2 saturated heterocycles. The van der Waals surface area contributed by atoms with Crippen molar-refractivity contribution in [1.82, 2.24) is 30.2 Å². The number of amides is 2. The molecule has 0 aromatic carbocycles. The molecule has 0 bridgehead atoms. The van der Waals surface area contributed by atoms with Crippen molar-refractivity contribution < 1.29 is 14.1 Å². The van der Waals surface area contributed by atoms with Crippen LogP contribution in [0.15, 0.2) is 22.0 Å². The minimum atomic E-state index is 0.0497. The normalized spacial score (nSPS) is 18.3. The highest BCUT2D eigenvalue weighted by molar-refractivity contribution is 7.13. The Morgan fingerprint density at radius 3 is 2.77 bits per heavy atom. The van der Waals surface area contributed by atoms with E-state index in [1.807, 2.05) is 22.4 Å². The molecule has 2 aromatic heterocycles. The number of carbonyl (C=O) groups excluding carboxylic acids is 2. The number of nitrogens with one attached hydrogen (secondary N) is 1. The summed E-state index contributed by atoms with van der Waals surface area (Å²) in [5, 5.41) is 9.02. The molecule has 2 aliphatic rings. The van der Waals surface area contributed by atoms with E-state index in [4.69, 9.17) is 4.52 Å². The van der Waals surface area contributed by atoms with Crippen molar-refractivity contribution in [2.45, 2.75) is 25.8 Å². The van der Waals surface area contributed by atoms with Gasteiger partial charge in [0.05, 0.1) is 18.0 Å². The second-order valence-electron chi connectivity index (χ2n) is 7.73. The van der Waals surface area contributed by atoms with Crippen LogP contribution in [0.3, 0.4) is 0 Å². The molecule has 30 heavy (non-hydrogen) atoms. The van der Waals surface area contributed by atoms with E-state index >= 15 is 0 Å². The zero-order valence-corrected chi connectivity index (χ0v) is 17.9. The average Bonchev–Trinajstić information content (AvgIpc) is 3.49. The average molecular weight is 433 g/mol. The first-order valence-electron chi connectivity index (χ1n) is 10.5. The Balaban J connectivity index is 1.11. The summed E-state index contributed by atoms with van der Waals surface area (Å²) in [5.41, 5.74) is 0. The van der Waals surface area contributed by atoms with E-state index in [-0.39, 0.29) is 11.8 Å². The molecule has 0 atom stereocenters. The monoisotopic (exact) mass is 432 g/mol. The standard InChI is InChI=1S/C20H28N6O3S/c27-17(21-6-3-8-26-7-1-5-19(26)28)14-24-9-11-25(12-10-24)15-18-22-20(23-29-18)16-4-2-13-30-16/h2,4,13H,1,3,5-12,14-15H2,(H,21,27). The summed E-state index contributed by atoms with van der Waals surface area (Å²) in [6.07, 6.45) is 2.43. The minimum absolute atomic E-state index is 0.0497. The largest absolute Gasteiger partial charge is 0.355 e. The first kappa shape index (κ1) is 21.0. The second kappa shape index (κ2) is 10.1. The Morgan fingerprint density at radius 1 is 1.20 bits per heavy atom. The quantitative estimate of drug-likeness (QED) is 0.592. The highest BCUT2D eigenvalue weighted by Crippen LogP contribution is 2.21. The lowest BCUT2D eigenvalue weighted by molar-refractivity contribution is -0.127. The number of hydrogen-bond acceptors (Lipinski definition) is 8. The Kier molecular flexibility index (Phi) is 7.08. The van der Waals surface area contributed by atoms with Crippen LogP contribution in [0.5, 0.6) is 0 Å². The molecule has 0 spiro atoms. The molecule has 0 saturated carbocycles. The van der Waals surface area contributed by atoms with Crippen molar-refractivity contribution in [3.05, 3.63) is 23.4 Å². The lowest BCUT2D eigenvalue weighted by atomic mass is 10.3. The van der Waals surface area contributed by atoms with Crippen LogP contribution in [0, 0.1) is 0 Å². The first-order chi connectivity index (χ1) is 14.7. The van der Waals surface area contributed by atoms with Crippen molar-refractivity contribution in [3.63, 3.8) is 0 Å². The summed E-state index contributed by atoms with van der Waals surface area (Å²) in [7, 11) is 0. The van der Waals surface area contributed by atoms with Crippen LogP contribution in [0.4, 0.5) is 0 Å². The van der Waals surface area contributed by atoms with Crippen LogP contribution in [-0.4, -0.2) is 89.0 Å². The fourth-order valence-corrected chi connectivity index (χ4v) is 4.47. The van der Waals surface area contributed by atoms with Crippen LogP contribution in [0.2, 0.25) is 0 Å². The van der Waals surface area contributed by atoms with E-state index in [2.05, 4.69) is 25.3 Å². The maximum absolute atomic E-state index is 12.2. The van der Waals surface area contributed by atoms with Gasteiger partial charge >= 0.3 is 0 Å². The third kappa shape index (κ3) is 5.65. The Morgan fingerprint density at radius 2 is 2.03 bits per heavy atom. The topological polar surface area (TPSA) is 94.8 Å². The molecule has 1 N–H and O–H groups in total. The van der Waals surface area contributed by atoms with Gasteiger partial charge < -0.3 is 14.7 Å². The number of hydrogen-bond donors (Lipinski definition) is 1. The van der Waals surface area contributed by atoms with Crippen molar-refractivity contribution in [2.24, 2.45) is 0 Å². The van der Waals surface area contributed by atoms with Gasteiger partial charge in [-0.1, -0.05) is 11.2 Å². The number of likely N-dealkylation sites (tertiary alicyclic amines) is 1. The Hall–Kier alpha value is -2.30. The van der Waals surface area contributed by atoms with E-state index in [0.29, 0.717) is 37.8 Å². The molecule has 10 heteroatoms. The van der Waals surface area contributed by atoms with E-state index in [0.717, 1.165) is 57.0 Å². The maximum atomic E-state index is 12.2. The van der Waals surface area contributed by atoms with Gasteiger partial charge in [0.2, 0.25) is 23.5 Å². The number of nitrogens with zero attached hydrogens (tertiary/aromatic N) is 5. The molecular weight excluding hydrogens is 404 g/mol. The lowest BCUT2D eigenvalue weighted by Crippen LogP contribution is -2.49. The molecule has 0 aliphatic carbocycles. The van der Waals surface area contributed by atoms with Gasteiger partial charge in [-0.3, -0.25) is 19.4 Å². The number of rotatable bonds is 9. The molecule has 2 fully saturated rings. The fourth-order valence-electron chi connectivity index (χ4n) is 3.82. The predicted molar refractivity (Wildman–Crippen MR) is 113 cm³/mol. The summed E-state index contributed by atoms with van der Waals surface area (Å²) in [6.45, 7) is 6.66. The van der Waals surface area contributed by atoms with Crippen LogP contribution in [0.1, 0.15) is 25.2 Å². The number of carbonyl (C=O) groups is 2. The summed E-state index contributed by atoms with van der Waals surface area (Å²) in [6, 6.07) is 3.95. The smallest absolute Gasteiger partial charge is 0.241 e. The molecule has 4 rings (SSSR count). The first-order valence-corrected chi connectivity index (χ1v) is 11.4. The molecule has 4 heterocycles. The minimum Gasteiger partial charge on any atom is -0.355 e. The number of aromatic nitrogens is 2. The molecule has 2 aliphatic heterocycles. The van der Waals surface area contributed by atoms with Crippen molar-refractivity contribution in [1.29, 1.82) is 0 Å². The molecule has 2 aromatic rings. The van der Waals surface area contributed by atoms with E-state index in [1.54, 1.807) is 11.3 Å². The van der Waals surface area contributed by atoms with Gasteiger partial charge in [-0.05, 0) is 24.3 Å². The molecule has 0 radical (unpaired) electrons. The van der Waals surface area contributed by atoms with E-state index in [1.165, 1.54) is 0 Å². The van der Waals surface area contributed by atoms with Gasteiger partial charge in [-0.25, -0.2) is 0 Å². The SMILES string of the molecule is O=C(CN1CCN(Cc2nc(-c3cccs3)no2)CC1)NCCCN1CCCC1=O. The van der Waals surface area contributed by atoms with Gasteiger partial charge in [0.25, 0.3) is 0 Å². The summed E-state index contributed by atoms with van der Waals surface area (Å²) < 4.78 is 5.38. The van der Waals surface area contributed by atoms with Crippen LogP contribution in [0.25, 0.3) is 10.7 Å². The molecule has 162 valence electrons. The second-order valence-corrected chi connectivity index (χ2v) is 8.68. The van der Waals surface area contributed by atoms with Gasteiger partial charge in [0, 0.05) is 52.2 Å². The summed E-state index contributed by atoms with van der Waals surface area (Å²) in [5.74, 6) is 1.56. The molecule has 9 nitrogen and oxygen atoms in total. The third-order valence-electron chi connectivity index (χ3n) is 5.50. The zero-order chi connectivity index (χ0) is 20.8.